The lowest BCUT2D eigenvalue weighted by atomic mass is 9.95. The van der Waals surface area contributed by atoms with Crippen molar-refractivity contribution in [3.8, 4) is 50.8 Å². The Hall–Kier alpha value is -7.36. The number of alkyl halides is 3. The third-order valence-electron chi connectivity index (χ3n) is 11.7. The smallest absolute Gasteiger partial charge is 0.309 e. The van der Waals surface area contributed by atoms with E-state index in [1.165, 1.54) is 0 Å². The van der Waals surface area contributed by atoms with E-state index in [2.05, 4.69) is 68.4 Å². The molecule has 0 N–H and O–H groups in total. The Morgan fingerprint density at radius 2 is 0.933 bits per heavy atom. The molecule has 0 saturated carbocycles. The van der Waals surface area contributed by atoms with Crippen LogP contribution in [0, 0.1) is 39.0 Å². The van der Waals surface area contributed by atoms with Crippen LogP contribution in [-0.2, 0) is 6.18 Å². The highest BCUT2D eigenvalue weighted by Crippen LogP contribution is 2.48. The van der Waals surface area contributed by atoms with Crippen LogP contribution in [0.4, 0.5) is 13.2 Å². The molecule has 290 valence electrons. The first-order chi connectivity index (χ1) is 29.0. The van der Waals surface area contributed by atoms with Crippen LogP contribution in [0.1, 0.15) is 33.4 Å². The molecule has 0 aliphatic rings. The van der Waals surface area contributed by atoms with Gasteiger partial charge in [0.05, 0.1) is 45.1 Å². The van der Waals surface area contributed by atoms with Gasteiger partial charge in [-0.2, -0.15) is 18.4 Å². The normalized spacial score (nSPS) is 11.9. The minimum atomic E-state index is -4.83. The molecule has 0 spiro atoms. The molecular weight excluding hydrogens is 748 g/mol. The van der Waals surface area contributed by atoms with Crippen molar-refractivity contribution in [3.05, 3.63) is 191 Å². The second kappa shape index (κ2) is 13.9. The fourth-order valence-electron chi connectivity index (χ4n) is 9.35. The number of aromatic nitrogens is 2. The number of benzene rings is 8. The Kier molecular flexibility index (Phi) is 8.55. The maximum absolute atomic E-state index is 16.7. The first-order valence-corrected chi connectivity index (χ1v) is 20.0. The highest BCUT2D eigenvalue weighted by atomic mass is 19.4. The molecule has 3 nitrogen and oxygen atoms in total. The molecule has 0 amide bonds. The summed E-state index contributed by atoms with van der Waals surface area (Å²) >= 11 is 0. The number of fused-ring (bicyclic) bond motifs is 6. The molecule has 8 aromatic carbocycles. The highest BCUT2D eigenvalue weighted by molar-refractivity contribution is 6.12. The van der Waals surface area contributed by atoms with Gasteiger partial charge in [0.25, 0.3) is 0 Å². The predicted octanol–water partition coefficient (Wildman–Crippen LogP) is 15.0. The zero-order chi connectivity index (χ0) is 41.4. The number of nitriles is 1. The Bertz CT molecular complexity index is 3390. The number of nitrogens with zero attached hydrogens (tertiary/aromatic N) is 3. The molecule has 0 fully saturated rings. The first kappa shape index (κ1) is 36.9. The maximum atomic E-state index is 16.7. The van der Waals surface area contributed by atoms with Crippen molar-refractivity contribution in [3.63, 3.8) is 0 Å². The van der Waals surface area contributed by atoms with E-state index < -0.39 is 11.7 Å². The number of para-hydroxylation sites is 2. The van der Waals surface area contributed by atoms with Gasteiger partial charge in [-0.05, 0) is 98.0 Å². The van der Waals surface area contributed by atoms with Gasteiger partial charge in [-0.25, -0.2) is 0 Å². The molecule has 0 atom stereocenters. The van der Waals surface area contributed by atoms with Crippen molar-refractivity contribution in [1.29, 1.82) is 5.26 Å². The van der Waals surface area contributed by atoms with Gasteiger partial charge in [0.15, 0.2) is 0 Å². The summed E-state index contributed by atoms with van der Waals surface area (Å²) in [7, 11) is 0. The van der Waals surface area contributed by atoms with E-state index >= 15 is 13.2 Å². The molecule has 0 aliphatic carbocycles. The molecule has 0 radical (unpaired) electrons. The largest absolute Gasteiger partial charge is 0.420 e. The van der Waals surface area contributed by atoms with Gasteiger partial charge < -0.3 is 9.13 Å². The SMILES string of the molecule is Cc1cc(C)cc(-c2ccc3c4ccccc4n(-c4ccc(-c5cccc(C#N)c5)c(-n5c6ccccc6c6ccc(-c7cc(C)cc(C)c7)cc65)c4C(F)(F)F)c3c2)c1. The zero-order valence-electron chi connectivity index (χ0n) is 33.5. The molecule has 0 saturated heterocycles. The number of halogens is 3. The van der Waals surface area contributed by atoms with Crippen molar-refractivity contribution < 1.29 is 13.2 Å². The Morgan fingerprint density at radius 3 is 1.47 bits per heavy atom. The number of aryl methyl sites for hydroxylation is 4. The third-order valence-corrected chi connectivity index (χ3v) is 11.7. The van der Waals surface area contributed by atoms with E-state index in [4.69, 9.17) is 0 Å². The van der Waals surface area contributed by atoms with Gasteiger partial charge in [-0.1, -0.05) is 138 Å². The van der Waals surface area contributed by atoms with Gasteiger partial charge >= 0.3 is 6.18 Å². The molecule has 0 unspecified atom stereocenters. The summed E-state index contributed by atoms with van der Waals surface area (Å²) in [6, 6.07) is 52.6. The van der Waals surface area contributed by atoms with Gasteiger partial charge in [0, 0.05) is 27.1 Å². The van der Waals surface area contributed by atoms with Crippen molar-refractivity contribution in [1.82, 2.24) is 9.13 Å². The fraction of sp³-hybridized carbons (Fsp3) is 0.0926. The van der Waals surface area contributed by atoms with E-state index in [0.29, 0.717) is 38.8 Å². The Balaban J connectivity index is 1.37. The summed E-state index contributed by atoms with van der Waals surface area (Å²) in [6.45, 7) is 8.20. The van der Waals surface area contributed by atoms with Crippen LogP contribution in [0.5, 0.6) is 0 Å². The van der Waals surface area contributed by atoms with E-state index in [0.717, 1.165) is 66.1 Å². The van der Waals surface area contributed by atoms with Crippen LogP contribution in [-0.4, -0.2) is 9.13 Å². The molecule has 6 heteroatoms. The number of hydrogen-bond donors (Lipinski definition) is 0. The lowest BCUT2D eigenvalue weighted by Gasteiger charge is -2.24. The molecule has 60 heavy (non-hydrogen) atoms. The topological polar surface area (TPSA) is 33.6 Å². The molecule has 10 aromatic rings. The summed E-state index contributed by atoms with van der Waals surface area (Å²) < 4.78 is 53.7. The number of rotatable bonds is 5. The summed E-state index contributed by atoms with van der Waals surface area (Å²) in [5.41, 5.74) is 11.3. The van der Waals surface area contributed by atoms with Crippen LogP contribution < -0.4 is 0 Å². The summed E-state index contributed by atoms with van der Waals surface area (Å²) in [6.07, 6.45) is -4.83. The predicted molar refractivity (Wildman–Crippen MR) is 240 cm³/mol. The van der Waals surface area contributed by atoms with Crippen LogP contribution in [0.3, 0.4) is 0 Å². The summed E-state index contributed by atoms with van der Waals surface area (Å²) in [5, 5.41) is 13.4. The zero-order valence-corrected chi connectivity index (χ0v) is 33.5. The lowest BCUT2D eigenvalue weighted by Crippen LogP contribution is -2.17. The van der Waals surface area contributed by atoms with Crippen molar-refractivity contribution in [2.45, 2.75) is 33.9 Å². The second-order valence-corrected chi connectivity index (χ2v) is 16.0. The minimum Gasteiger partial charge on any atom is -0.309 e. The summed E-state index contributed by atoms with van der Waals surface area (Å²) in [5.74, 6) is 0. The average molecular weight is 786 g/mol. The molecule has 2 aromatic heterocycles. The quantitative estimate of drug-likeness (QED) is 0.171. The van der Waals surface area contributed by atoms with Gasteiger partial charge in [0.2, 0.25) is 0 Å². The average Bonchev–Trinajstić information content (AvgIpc) is 3.74. The third kappa shape index (κ3) is 6.05. The molecule has 2 heterocycles. The maximum Gasteiger partial charge on any atom is 0.420 e. The Labute approximate surface area is 345 Å². The first-order valence-electron chi connectivity index (χ1n) is 20.0. The van der Waals surface area contributed by atoms with Gasteiger partial charge in [0.1, 0.15) is 5.56 Å². The van der Waals surface area contributed by atoms with E-state index in [1.807, 2.05) is 86.6 Å². The number of hydrogen-bond acceptors (Lipinski definition) is 1. The minimum absolute atomic E-state index is 0.00439. The lowest BCUT2D eigenvalue weighted by molar-refractivity contribution is -0.137. The van der Waals surface area contributed by atoms with Gasteiger partial charge in [-0.15, -0.1) is 0 Å². The van der Waals surface area contributed by atoms with Crippen molar-refractivity contribution >= 4 is 43.6 Å². The monoisotopic (exact) mass is 785 g/mol. The molecule has 10 rings (SSSR count). The summed E-state index contributed by atoms with van der Waals surface area (Å²) in [4.78, 5) is 0. The standard InChI is InChI=1S/C54H38F3N3/c1-32-22-33(2)25-40(24-32)37-16-18-45-43-12-5-7-14-47(43)59(50(45)29-37)49-21-20-42(39-11-9-10-36(28-39)31-58)53(52(49)54(55,56)57)60-48-15-8-6-13-44(48)46-19-17-38(30-51(46)60)41-26-34(3)23-35(4)27-41/h5-30H,1-4H3. The van der Waals surface area contributed by atoms with Crippen LogP contribution >= 0.6 is 0 Å². The van der Waals surface area contributed by atoms with Crippen LogP contribution in [0.2, 0.25) is 0 Å². The van der Waals surface area contributed by atoms with E-state index in [9.17, 15) is 5.26 Å². The van der Waals surface area contributed by atoms with Crippen LogP contribution in [0.25, 0.3) is 88.4 Å². The second-order valence-electron chi connectivity index (χ2n) is 16.0. The van der Waals surface area contributed by atoms with E-state index in [1.54, 1.807) is 45.5 Å². The van der Waals surface area contributed by atoms with E-state index in [-0.39, 0.29) is 11.4 Å². The van der Waals surface area contributed by atoms with Crippen LogP contribution in [0.15, 0.2) is 158 Å². The van der Waals surface area contributed by atoms with Crippen molar-refractivity contribution in [2.24, 2.45) is 0 Å². The molecular formula is C54H38F3N3. The Morgan fingerprint density at radius 1 is 0.433 bits per heavy atom. The highest BCUT2D eigenvalue weighted by Gasteiger charge is 2.40. The van der Waals surface area contributed by atoms with Gasteiger partial charge in [-0.3, -0.25) is 0 Å². The van der Waals surface area contributed by atoms with Crippen molar-refractivity contribution in [2.75, 3.05) is 0 Å². The fourth-order valence-corrected chi connectivity index (χ4v) is 9.35. The molecule has 0 aliphatic heterocycles. The molecule has 0 bridgehead atoms.